The summed E-state index contributed by atoms with van der Waals surface area (Å²) < 4.78 is 1.57. The van der Waals surface area contributed by atoms with Crippen LogP contribution < -0.4 is 5.73 Å². The molecule has 5 heteroatoms. The Morgan fingerprint density at radius 3 is 2.36 bits per heavy atom. The van der Waals surface area contributed by atoms with Crippen molar-refractivity contribution in [1.29, 1.82) is 0 Å². The maximum atomic E-state index is 5.62. The summed E-state index contributed by atoms with van der Waals surface area (Å²) in [5.41, 5.74) is 7.56. The second kappa shape index (κ2) is 3.10. The van der Waals surface area contributed by atoms with Crippen molar-refractivity contribution in [3.05, 3.63) is 29.7 Å². The minimum atomic E-state index is 0.508. The van der Waals surface area contributed by atoms with Crippen molar-refractivity contribution >= 4 is 5.82 Å². The minimum absolute atomic E-state index is 0.508. The van der Waals surface area contributed by atoms with Gasteiger partial charge < -0.3 is 5.73 Å². The molecule has 0 aliphatic rings. The van der Waals surface area contributed by atoms with Gasteiger partial charge in [0.15, 0.2) is 0 Å². The third kappa shape index (κ3) is 1.44. The van der Waals surface area contributed by atoms with Gasteiger partial charge in [-0.15, -0.1) is 5.10 Å². The summed E-state index contributed by atoms with van der Waals surface area (Å²) in [6, 6.07) is 0. The lowest BCUT2D eigenvalue weighted by Crippen LogP contribution is -2.01. The Morgan fingerprint density at radius 2 is 1.86 bits per heavy atom. The van der Waals surface area contributed by atoms with Crippen molar-refractivity contribution in [3.8, 4) is 5.95 Å². The number of hydrogen-bond acceptors (Lipinski definition) is 4. The fourth-order valence-electron chi connectivity index (χ4n) is 1.08. The molecule has 0 saturated heterocycles. The van der Waals surface area contributed by atoms with Crippen LogP contribution in [0, 0.1) is 13.8 Å². The quantitative estimate of drug-likeness (QED) is 0.722. The van der Waals surface area contributed by atoms with E-state index in [2.05, 4.69) is 15.1 Å². The Morgan fingerprint density at radius 1 is 1.21 bits per heavy atom. The SMILES string of the molecule is Cc1cnc(-n2cc(C)c(N)n2)nc1. The Kier molecular flexibility index (Phi) is 1.92. The van der Waals surface area contributed by atoms with Crippen molar-refractivity contribution in [2.45, 2.75) is 13.8 Å². The molecule has 2 aromatic heterocycles. The zero-order valence-electron chi connectivity index (χ0n) is 8.10. The molecule has 0 saturated carbocycles. The molecular weight excluding hydrogens is 178 g/mol. The normalized spacial score (nSPS) is 10.4. The lowest BCUT2D eigenvalue weighted by molar-refractivity contribution is 0.808. The molecule has 72 valence electrons. The summed E-state index contributed by atoms with van der Waals surface area (Å²) in [6.45, 7) is 3.83. The smallest absolute Gasteiger partial charge is 0.250 e. The topological polar surface area (TPSA) is 69.6 Å². The number of aryl methyl sites for hydroxylation is 2. The summed E-state index contributed by atoms with van der Waals surface area (Å²) in [5, 5.41) is 4.08. The highest BCUT2D eigenvalue weighted by Gasteiger charge is 2.04. The lowest BCUT2D eigenvalue weighted by Gasteiger charge is -1.97. The van der Waals surface area contributed by atoms with Crippen LogP contribution in [-0.4, -0.2) is 19.7 Å². The molecule has 0 fully saturated rings. The predicted molar refractivity (Wildman–Crippen MR) is 53.0 cm³/mol. The molecule has 0 aliphatic carbocycles. The van der Waals surface area contributed by atoms with E-state index in [1.54, 1.807) is 23.3 Å². The third-order valence-electron chi connectivity index (χ3n) is 1.91. The van der Waals surface area contributed by atoms with Gasteiger partial charge in [0.25, 0.3) is 5.95 Å². The summed E-state index contributed by atoms with van der Waals surface area (Å²) in [5.74, 6) is 1.05. The van der Waals surface area contributed by atoms with Crippen LogP contribution in [0.1, 0.15) is 11.1 Å². The van der Waals surface area contributed by atoms with Crippen LogP contribution >= 0.6 is 0 Å². The average Bonchev–Trinajstić information content (AvgIpc) is 2.48. The van der Waals surface area contributed by atoms with E-state index in [1.165, 1.54) is 0 Å². The fraction of sp³-hybridized carbons (Fsp3) is 0.222. The summed E-state index contributed by atoms with van der Waals surface area (Å²) in [6.07, 6.45) is 5.30. The van der Waals surface area contributed by atoms with E-state index in [-0.39, 0.29) is 0 Å². The monoisotopic (exact) mass is 189 g/mol. The van der Waals surface area contributed by atoms with Crippen molar-refractivity contribution in [2.75, 3.05) is 5.73 Å². The summed E-state index contributed by atoms with van der Waals surface area (Å²) >= 11 is 0. The van der Waals surface area contributed by atoms with Crippen molar-refractivity contribution in [3.63, 3.8) is 0 Å². The number of nitrogens with zero attached hydrogens (tertiary/aromatic N) is 4. The molecule has 0 aliphatic heterocycles. The number of hydrogen-bond donors (Lipinski definition) is 1. The molecule has 0 amide bonds. The largest absolute Gasteiger partial charge is 0.382 e. The van der Waals surface area contributed by atoms with Crippen LogP contribution in [0.25, 0.3) is 5.95 Å². The van der Waals surface area contributed by atoms with Gasteiger partial charge in [0.2, 0.25) is 0 Å². The van der Waals surface area contributed by atoms with Gasteiger partial charge in [-0.25, -0.2) is 14.6 Å². The van der Waals surface area contributed by atoms with E-state index >= 15 is 0 Å². The third-order valence-corrected chi connectivity index (χ3v) is 1.91. The maximum Gasteiger partial charge on any atom is 0.250 e. The highest BCUT2D eigenvalue weighted by molar-refractivity contribution is 5.37. The first-order valence-corrected chi connectivity index (χ1v) is 4.27. The number of nitrogen functional groups attached to an aromatic ring is 1. The summed E-state index contributed by atoms with van der Waals surface area (Å²) in [7, 11) is 0. The van der Waals surface area contributed by atoms with E-state index < -0.39 is 0 Å². The molecular formula is C9H11N5. The van der Waals surface area contributed by atoms with E-state index in [9.17, 15) is 0 Å². The second-order valence-corrected chi connectivity index (χ2v) is 3.20. The Labute approximate surface area is 81.6 Å². The first-order chi connectivity index (χ1) is 6.66. The molecule has 0 spiro atoms. The standard InChI is InChI=1S/C9H11N5/c1-6-3-11-9(12-4-6)14-5-7(2)8(10)13-14/h3-5H,1-2H3,(H2,10,13). The number of aromatic nitrogens is 4. The van der Waals surface area contributed by atoms with Gasteiger partial charge in [0, 0.05) is 24.2 Å². The minimum Gasteiger partial charge on any atom is -0.382 e. The molecule has 2 rings (SSSR count). The summed E-state index contributed by atoms with van der Waals surface area (Å²) in [4.78, 5) is 8.27. The van der Waals surface area contributed by atoms with Crippen LogP contribution in [0.4, 0.5) is 5.82 Å². The van der Waals surface area contributed by atoms with Crippen LogP contribution in [-0.2, 0) is 0 Å². The molecule has 0 radical (unpaired) electrons. The fourth-order valence-corrected chi connectivity index (χ4v) is 1.08. The average molecular weight is 189 g/mol. The Balaban J connectivity index is 2.44. The highest BCUT2D eigenvalue weighted by Crippen LogP contribution is 2.09. The lowest BCUT2D eigenvalue weighted by atomic mass is 10.4. The van der Waals surface area contributed by atoms with Gasteiger partial charge in [0.1, 0.15) is 5.82 Å². The van der Waals surface area contributed by atoms with Gasteiger partial charge in [-0.05, 0) is 19.4 Å². The highest BCUT2D eigenvalue weighted by atomic mass is 15.4. The molecule has 0 atom stereocenters. The van der Waals surface area contributed by atoms with E-state index in [1.807, 2.05) is 13.8 Å². The van der Waals surface area contributed by atoms with Gasteiger partial charge >= 0.3 is 0 Å². The molecule has 5 nitrogen and oxygen atoms in total. The van der Waals surface area contributed by atoms with Crippen LogP contribution in [0.3, 0.4) is 0 Å². The first kappa shape index (κ1) is 8.68. The van der Waals surface area contributed by atoms with Crippen LogP contribution in [0.5, 0.6) is 0 Å². The first-order valence-electron chi connectivity index (χ1n) is 4.27. The zero-order chi connectivity index (χ0) is 10.1. The molecule has 0 aromatic carbocycles. The van der Waals surface area contributed by atoms with Crippen molar-refractivity contribution in [2.24, 2.45) is 0 Å². The molecule has 14 heavy (non-hydrogen) atoms. The number of nitrogens with two attached hydrogens (primary N) is 1. The number of anilines is 1. The molecule has 2 aromatic rings. The van der Waals surface area contributed by atoms with E-state index in [0.29, 0.717) is 11.8 Å². The number of rotatable bonds is 1. The molecule has 0 unspecified atom stereocenters. The van der Waals surface area contributed by atoms with Crippen LogP contribution in [0.2, 0.25) is 0 Å². The Bertz CT molecular complexity index is 423. The molecule has 2 heterocycles. The second-order valence-electron chi connectivity index (χ2n) is 3.20. The maximum absolute atomic E-state index is 5.62. The molecule has 2 N–H and O–H groups in total. The van der Waals surface area contributed by atoms with Crippen molar-refractivity contribution in [1.82, 2.24) is 19.7 Å². The van der Waals surface area contributed by atoms with Gasteiger partial charge in [-0.2, -0.15) is 0 Å². The Hall–Kier alpha value is -1.91. The zero-order valence-corrected chi connectivity index (χ0v) is 8.10. The van der Waals surface area contributed by atoms with Crippen molar-refractivity contribution < 1.29 is 0 Å². The molecule has 0 bridgehead atoms. The van der Waals surface area contributed by atoms with Gasteiger partial charge in [-0.3, -0.25) is 0 Å². The van der Waals surface area contributed by atoms with Crippen LogP contribution in [0.15, 0.2) is 18.6 Å². The van der Waals surface area contributed by atoms with E-state index in [0.717, 1.165) is 11.1 Å². The van der Waals surface area contributed by atoms with Gasteiger partial charge in [-0.1, -0.05) is 0 Å². The van der Waals surface area contributed by atoms with E-state index in [4.69, 9.17) is 5.73 Å². The predicted octanol–water partition coefficient (Wildman–Crippen LogP) is 0.861. The van der Waals surface area contributed by atoms with Gasteiger partial charge in [0.05, 0.1) is 0 Å².